The predicted octanol–water partition coefficient (Wildman–Crippen LogP) is 3.84. The number of rotatable bonds is 0. The molecule has 0 aliphatic heterocycles. The fourth-order valence-electron chi connectivity index (χ4n) is 3.16. The Morgan fingerprint density at radius 3 is 1.64 bits per heavy atom. The summed E-state index contributed by atoms with van der Waals surface area (Å²) in [6, 6.07) is 12.6. The molecule has 0 amide bonds. The lowest BCUT2D eigenvalue weighted by Gasteiger charge is -2.04. The molecule has 2 heterocycles. The van der Waals surface area contributed by atoms with E-state index >= 15 is 0 Å². The maximum Gasteiger partial charge on any atom is 0.198 e. The quantitative estimate of drug-likeness (QED) is 0.433. The van der Waals surface area contributed by atoms with Gasteiger partial charge in [0.25, 0.3) is 0 Å². The lowest BCUT2D eigenvalue weighted by Crippen LogP contribution is -1.99. The summed E-state index contributed by atoms with van der Waals surface area (Å²) in [6.45, 7) is 3.90. The van der Waals surface area contributed by atoms with Gasteiger partial charge in [0.05, 0.1) is 22.8 Å². The topological polar surface area (TPSA) is 51.6 Å². The second-order valence-corrected chi connectivity index (χ2v) is 5.67. The molecule has 5 rings (SSSR count). The normalized spacial score (nSPS) is 12.1. The van der Waals surface area contributed by atoms with Gasteiger partial charge in [-0.3, -0.25) is 0 Å². The van der Waals surface area contributed by atoms with Crippen LogP contribution in [-0.2, 0) is 0 Å². The van der Waals surface area contributed by atoms with Crippen molar-refractivity contribution in [2.75, 3.05) is 0 Å². The van der Waals surface area contributed by atoms with Crippen LogP contribution in [0.4, 0.5) is 0 Å². The predicted molar refractivity (Wildman–Crippen MR) is 86.5 cm³/mol. The van der Waals surface area contributed by atoms with Gasteiger partial charge in [-0.1, -0.05) is 36.4 Å². The summed E-state index contributed by atoms with van der Waals surface area (Å²) in [5.41, 5.74) is 7.13. The number of benzene rings is 2. The highest BCUT2D eigenvalue weighted by molar-refractivity contribution is 6.13. The molecule has 0 unspecified atom stereocenters. The van der Waals surface area contributed by atoms with Gasteiger partial charge in [0, 0.05) is 16.5 Å². The molecule has 104 valence electrons. The summed E-state index contributed by atoms with van der Waals surface area (Å²) in [4.78, 5) is 18.6. The summed E-state index contributed by atoms with van der Waals surface area (Å²) in [5, 5.41) is 2.44. The van der Waals surface area contributed by atoms with Crippen LogP contribution in [0.3, 0.4) is 0 Å². The minimum atomic E-state index is 0.617. The summed E-state index contributed by atoms with van der Waals surface area (Å²) < 4.78 is 0. The lowest BCUT2D eigenvalue weighted by atomic mass is 10.0. The molecule has 4 nitrogen and oxygen atoms in total. The number of hydrogen-bond acceptors (Lipinski definition) is 4. The van der Waals surface area contributed by atoms with Crippen molar-refractivity contribution in [2.24, 2.45) is 0 Å². The number of aryl methyl sites for hydroxylation is 2. The molecule has 0 saturated carbocycles. The van der Waals surface area contributed by atoms with E-state index in [1.54, 1.807) is 0 Å². The van der Waals surface area contributed by atoms with E-state index in [0.717, 1.165) is 33.9 Å². The number of aromatic nitrogens is 4. The SMILES string of the molecule is Cc1nc2nc3c(nc2nc1C)-c1cccc2cccc-3c12. The summed E-state index contributed by atoms with van der Waals surface area (Å²) >= 11 is 0. The highest BCUT2D eigenvalue weighted by Gasteiger charge is 2.25. The van der Waals surface area contributed by atoms with Gasteiger partial charge in [-0.05, 0) is 19.2 Å². The van der Waals surface area contributed by atoms with E-state index in [1.165, 1.54) is 10.8 Å². The first-order valence-corrected chi connectivity index (χ1v) is 7.28. The fraction of sp³-hybridized carbons (Fsp3) is 0.111. The molecule has 0 fully saturated rings. The van der Waals surface area contributed by atoms with Crippen LogP contribution in [0.2, 0.25) is 0 Å². The third kappa shape index (κ3) is 1.36. The zero-order valence-electron chi connectivity index (χ0n) is 12.3. The van der Waals surface area contributed by atoms with Crippen LogP contribution < -0.4 is 0 Å². The molecule has 4 aromatic rings. The van der Waals surface area contributed by atoms with Crippen molar-refractivity contribution in [1.29, 1.82) is 0 Å². The minimum Gasteiger partial charge on any atom is -0.229 e. The van der Waals surface area contributed by atoms with Gasteiger partial charge < -0.3 is 0 Å². The van der Waals surface area contributed by atoms with Crippen molar-refractivity contribution >= 4 is 22.1 Å². The maximum atomic E-state index is 4.76. The Kier molecular flexibility index (Phi) is 2.06. The molecule has 1 aliphatic carbocycles. The van der Waals surface area contributed by atoms with Crippen molar-refractivity contribution in [3.63, 3.8) is 0 Å². The summed E-state index contributed by atoms with van der Waals surface area (Å²) in [6.07, 6.45) is 0. The Morgan fingerprint density at radius 1 is 0.636 bits per heavy atom. The number of nitrogens with zero attached hydrogens (tertiary/aromatic N) is 4. The van der Waals surface area contributed by atoms with Crippen molar-refractivity contribution in [1.82, 2.24) is 19.9 Å². The van der Waals surface area contributed by atoms with Crippen LogP contribution in [0, 0.1) is 13.8 Å². The average molecular weight is 284 g/mol. The zero-order chi connectivity index (χ0) is 14.8. The summed E-state index contributed by atoms with van der Waals surface area (Å²) in [7, 11) is 0. The Hall–Kier alpha value is -2.88. The number of hydrogen-bond donors (Lipinski definition) is 0. The highest BCUT2D eigenvalue weighted by Crippen LogP contribution is 2.45. The van der Waals surface area contributed by atoms with Crippen molar-refractivity contribution in [3.8, 4) is 22.5 Å². The van der Waals surface area contributed by atoms with E-state index in [0.29, 0.717) is 11.3 Å². The molecule has 0 radical (unpaired) electrons. The first kappa shape index (κ1) is 11.7. The fourth-order valence-corrected chi connectivity index (χ4v) is 3.16. The van der Waals surface area contributed by atoms with Gasteiger partial charge in [0.15, 0.2) is 11.3 Å². The van der Waals surface area contributed by atoms with E-state index in [4.69, 9.17) is 9.97 Å². The highest BCUT2D eigenvalue weighted by atomic mass is 15.0. The Bertz CT molecular complexity index is 1020. The monoisotopic (exact) mass is 284 g/mol. The molecule has 0 saturated heterocycles. The third-order valence-electron chi connectivity index (χ3n) is 4.35. The van der Waals surface area contributed by atoms with Crippen LogP contribution >= 0.6 is 0 Å². The minimum absolute atomic E-state index is 0.617. The van der Waals surface area contributed by atoms with Gasteiger partial charge >= 0.3 is 0 Å². The zero-order valence-corrected chi connectivity index (χ0v) is 12.3. The second-order valence-electron chi connectivity index (χ2n) is 5.67. The smallest absolute Gasteiger partial charge is 0.198 e. The van der Waals surface area contributed by atoms with Crippen molar-refractivity contribution in [2.45, 2.75) is 13.8 Å². The molecule has 4 heteroatoms. The Labute approximate surface area is 126 Å². The molecule has 0 spiro atoms. The van der Waals surface area contributed by atoms with Gasteiger partial charge in [-0.2, -0.15) is 0 Å². The first-order valence-electron chi connectivity index (χ1n) is 7.28. The van der Waals surface area contributed by atoms with E-state index in [1.807, 2.05) is 13.8 Å². The van der Waals surface area contributed by atoms with Crippen molar-refractivity contribution in [3.05, 3.63) is 47.8 Å². The standard InChI is InChI=1S/C18H12N4/c1-9-10(2)20-18-17(19-9)21-15-12-7-3-5-11-6-4-8-13(14(11)12)16(15)22-18/h3-8H,1-2H3. The molecule has 1 aliphatic rings. The van der Waals surface area contributed by atoms with Crippen LogP contribution in [0.25, 0.3) is 44.6 Å². The maximum absolute atomic E-state index is 4.76. The summed E-state index contributed by atoms with van der Waals surface area (Å²) in [5.74, 6) is 0. The molecular formula is C18H12N4. The lowest BCUT2D eigenvalue weighted by molar-refractivity contribution is 1.06. The average Bonchev–Trinajstić information content (AvgIpc) is 2.83. The molecule has 0 N–H and O–H groups in total. The van der Waals surface area contributed by atoms with Crippen LogP contribution in [0.5, 0.6) is 0 Å². The molecule has 22 heavy (non-hydrogen) atoms. The van der Waals surface area contributed by atoms with Gasteiger partial charge in [0.1, 0.15) is 0 Å². The van der Waals surface area contributed by atoms with Crippen LogP contribution in [0.1, 0.15) is 11.4 Å². The van der Waals surface area contributed by atoms with Crippen LogP contribution in [-0.4, -0.2) is 19.9 Å². The van der Waals surface area contributed by atoms with Crippen LogP contribution in [0.15, 0.2) is 36.4 Å². The molecule has 2 aromatic carbocycles. The van der Waals surface area contributed by atoms with Crippen molar-refractivity contribution < 1.29 is 0 Å². The molecule has 2 aromatic heterocycles. The van der Waals surface area contributed by atoms with E-state index in [2.05, 4.69) is 46.4 Å². The van der Waals surface area contributed by atoms with E-state index < -0.39 is 0 Å². The third-order valence-corrected chi connectivity index (χ3v) is 4.35. The largest absolute Gasteiger partial charge is 0.229 e. The Balaban J connectivity index is 1.96. The first-order chi connectivity index (χ1) is 10.7. The molecule has 0 bridgehead atoms. The second kappa shape index (κ2) is 3.85. The molecular weight excluding hydrogens is 272 g/mol. The van der Waals surface area contributed by atoms with E-state index in [9.17, 15) is 0 Å². The van der Waals surface area contributed by atoms with E-state index in [-0.39, 0.29) is 0 Å². The number of fused-ring (bicyclic) bond motifs is 4. The van der Waals surface area contributed by atoms with Gasteiger partial charge in [-0.25, -0.2) is 19.9 Å². The van der Waals surface area contributed by atoms with Gasteiger partial charge in [-0.15, -0.1) is 0 Å². The van der Waals surface area contributed by atoms with Gasteiger partial charge in [0.2, 0.25) is 0 Å². The Morgan fingerprint density at radius 2 is 1.14 bits per heavy atom. The molecule has 0 atom stereocenters.